The fourth-order valence-corrected chi connectivity index (χ4v) is 2.64. The summed E-state index contributed by atoms with van der Waals surface area (Å²) in [7, 11) is 0. The summed E-state index contributed by atoms with van der Waals surface area (Å²) in [6.45, 7) is 2.11. The molecule has 1 saturated carbocycles. The minimum Gasteiger partial charge on any atom is -0.303 e. The van der Waals surface area contributed by atoms with Crippen molar-refractivity contribution in [1.82, 2.24) is 0 Å². The molecule has 1 aromatic heterocycles. The first-order chi connectivity index (χ1) is 6.29. The first kappa shape index (κ1) is 8.95. The first-order valence-electron chi connectivity index (χ1n) is 4.80. The van der Waals surface area contributed by atoms with Gasteiger partial charge >= 0.3 is 0 Å². The number of carbonyl (C=O) groups is 1. The van der Waals surface area contributed by atoms with Crippen molar-refractivity contribution in [1.29, 1.82) is 0 Å². The molecule has 1 nitrogen and oxygen atoms in total. The molecule has 0 N–H and O–H groups in total. The summed E-state index contributed by atoms with van der Waals surface area (Å²) in [5, 5.41) is 0. The molecule has 2 heteroatoms. The Morgan fingerprint density at radius 2 is 2.38 bits per heavy atom. The Kier molecular flexibility index (Phi) is 2.49. The molecule has 0 bridgehead atoms. The Bertz CT molecular complexity index is 299. The number of carbonyl (C=O) groups excluding carboxylic acids is 1. The molecule has 70 valence electrons. The second-order valence-electron chi connectivity index (χ2n) is 3.85. The van der Waals surface area contributed by atoms with Gasteiger partial charge in [-0.1, -0.05) is 0 Å². The minimum absolute atomic E-state index is 0.290. The minimum atomic E-state index is 0.290. The molecule has 13 heavy (non-hydrogen) atoms. The third-order valence-electron chi connectivity index (χ3n) is 2.64. The third kappa shape index (κ3) is 2.19. The molecule has 1 aliphatic carbocycles. The largest absolute Gasteiger partial charge is 0.303 e. The molecule has 1 heterocycles. The topological polar surface area (TPSA) is 17.1 Å². The van der Waals surface area contributed by atoms with E-state index in [0.29, 0.717) is 5.92 Å². The van der Waals surface area contributed by atoms with E-state index >= 15 is 0 Å². The van der Waals surface area contributed by atoms with Crippen LogP contribution in [-0.4, -0.2) is 6.29 Å². The Morgan fingerprint density at radius 3 is 2.85 bits per heavy atom. The zero-order valence-corrected chi connectivity index (χ0v) is 8.64. The molecular weight excluding hydrogens is 180 g/mol. The van der Waals surface area contributed by atoms with Gasteiger partial charge in [-0.15, -0.1) is 11.3 Å². The van der Waals surface area contributed by atoms with Crippen molar-refractivity contribution >= 4 is 17.6 Å². The summed E-state index contributed by atoms with van der Waals surface area (Å²) >= 11 is 1.82. The lowest BCUT2D eigenvalue weighted by Crippen LogP contribution is -2.07. The van der Waals surface area contributed by atoms with Crippen molar-refractivity contribution in [3.05, 3.63) is 21.9 Å². The van der Waals surface area contributed by atoms with E-state index in [-0.39, 0.29) is 5.92 Å². The van der Waals surface area contributed by atoms with E-state index in [1.807, 2.05) is 11.3 Å². The van der Waals surface area contributed by atoms with Gasteiger partial charge in [-0.3, -0.25) is 0 Å². The van der Waals surface area contributed by atoms with Crippen LogP contribution in [0.3, 0.4) is 0 Å². The van der Waals surface area contributed by atoms with E-state index < -0.39 is 0 Å². The number of thiophene rings is 1. The molecule has 1 aromatic rings. The normalized spacial score (nSPS) is 18.5. The monoisotopic (exact) mass is 194 g/mol. The summed E-state index contributed by atoms with van der Waals surface area (Å²) in [6, 6.07) is 4.29. The Labute approximate surface area is 82.8 Å². The maximum Gasteiger partial charge on any atom is 0.123 e. The van der Waals surface area contributed by atoms with Crippen molar-refractivity contribution in [2.24, 2.45) is 11.8 Å². The van der Waals surface area contributed by atoms with E-state index in [1.54, 1.807) is 0 Å². The van der Waals surface area contributed by atoms with Gasteiger partial charge in [0.05, 0.1) is 0 Å². The van der Waals surface area contributed by atoms with E-state index in [0.717, 1.165) is 12.7 Å². The van der Waals surface area contributed by atoms with Gasteiger partial charge in [0.2, 0.25) is 0 Å². The van der Waals surface area contributed by atoms with Crippen LogP contribution >= 0.6 is 11.3 Å². The first-order valence-corrected chi connectivity index (χ1v) is 5.62. The van der Waals surface area contributed by atoms with Gasteiger partial charge in [-0.05, 0) is 44.2 Å². The molecule has 1 atom stereocenters. The molecule has 0 aliphatic heterocycles. The summed E-state index contributed by atoms with van der Waals surface area (Å²) in [5.74, 6) is 0.984. The lowest BCUT2D eigenvalue weighted by atomic mass is 10.0. The van der Waals surface area contributed by atoms with Crippen LogP contribution in [0.2, 0.25) is 0 Å². The average Bonchev–Trinajstić information content (AvgIpc) is 2.87. The number of aryl methyl sites for hydroxylation is 1. The number of hydrogen-bond donors (Lipinski definition) is 0. The van der Waals surface area contributed by atoms with Crippen LogP contribution < -0.4 is 0 Å². The highest BCUT2D eigenvalue weighted by Crippen LogP contribution is 2.38. The molecule has 0 aromatic carbocycles. The van der Waals surface area contributed by atoms with Crippen molar-refractivity contribution in [2.75, 3.05) is 0 Å². The van der Waals surface area contributed by atoms with Crippen molar-refractivity contribution < 1.29 is 4.79 Å². The maximum absolute atomic E-state index is 10.8. The van der Waals surface area contributed by atoms with Crippen LogP contribution in [0.4, 0.5) is 0 Å². The van der Waals surface area contributed by atoms with Gasteiger partial charge in [0.15, 0.2) is 0 Å². The van der Waals surface area contributed by atoms with Crippen LogP contribution in [0.15, 0.2) is 12.1 Å². The van der Waals surface area contributed by atoms with Gasteiger partial charge in [0, 0.05) is 15.7 Å². The quantitative estimate of drug-likeness (QED) is 0.674. The van der Waals surface area contributed by atoms with Crippen molar-refractivity contribution in [3.8, 4) is 0 Å². The molecular formula is C11H14OS. The number of rotatable bonds is 4. The predicted octanol–water partition coefficient (Wildman–Crippen LogP) is 2.82. The van der Waals surface area contributed by atoms with Crippen molar-refractivity contribution in [3.63, 3.8) is 0 Å². The van der Waals surface area contributed by atoms with E-state index in [2.05, 4.69) is 19.1 Å². The van der Waals surface area contributed by atoms with Gasteiger partial charge in [0.25, 0.3) is 0 Å². The standard InChI is InChI=1S/C11H14OS/c1-8-2-5-11(13-8)6-10(7-12)9-3-4-9/h2,5,7,9-10H,3-4,6H2,1H3. The van der Waals surface area contributed by atoms with Gasteiger partial charge in [0.1, 0.15) is 6.29 Å². The molecule has 0 saturated heterocycles. The Balaban J connectivity index is 1.98. The SMILES string of the molecule is Cc1ccc(CC(C=O)C2CC2)s1. The lowest BCUT2D eigenvalue weighted by Gasteiger charge is -2.05. The van der Waals surface area contributed by atoms with Crippen LogP contribution in [0.5, 0.6) is 0 Å². The average molecular weight is 194 g/mol. The van der Waals surface area contributed by atoms with Crippen LogP contribution in [0.25, 0.3) is 0 Å². The fraction of sp³-hybridized carbons (Fsp3) is 0.545. The Hall–Kier alpha value is -0.630. The molecule has 2 rings (SSSR count). The zero-order valence-electron chi connectivity index (χ0n) is 7.82. The van der Waals surface area contributed by atoms with E-state index in [9.17, 15) is 4.79 Å². The number of aldehydes is 1. The zero-order chi connectivity index (χ0) is 9.26. The second-order valence-corrected chi connectivity index (χ2v) is 5.23. The van der Waals surface area contributed by atoms with Gasteiger partial charge in [-0.2, -0.15) is 0 Å². The molecule has 1 aliphatic rings. The predicted molar refractivity (Wildman–Crippen MR) is 55.0 cm³/mol. The molecule has 0 radical (unpaired) electrons. The fourth-order valence-electron chi connectivity index (χ4n) is 1.68. The molecule has 0 amide bonds. The van der Waals surface area contributed by atoms with Crippen LogP contribution in [-0.2, 0) is 11.2 Å². The summed E-state index contributed by atoms with van der Waals surface area (Å²) < 4.78 is 0. The van der Waals surface area contributed by atoms with Crippen LogP contribution in [0, 0.1) is 18.8 Å². The highest BCUT2D eigenvalue weighted by atomic mass is 32.1. The highest BCUT2D eigenvalue weighted by Gasteiger charge is 2.30. The molecule has 1 fully saturated rings. The Morgan fingerprint density at radius 1 is 1.62 bits per heavy atom. The summed E-state index contributed by atoms with van der Waals surface area (Å²) in [5.41, 5.74) is 0. The third-order valence-corrected chi connectivity index (χ3v) is 3.66. The van der Waals surface area contributed by atoms with E-state index in [1.165, 1.54) is 22.6 Å². The maximum atomic E-state index is 10.8. The molecule has 1 unspecified atom stereocenters. The lowest BCUT2D eigenvalue weighted by molar-refractivity contribution is -0.111. The number of hydrogen-bond acceptors (Lipinski definition) is 2. The second kappa shape index (κ2) is 3.62. The summed E-state index contributed by atoms with van der Waals surface area (Å²) in [4.78, 5) is 13.5. The van der Waals surface area contributed by atoms with Crippen molar-refractivity contribution in [2.45, 2.75) is 26.2 Å². The van der Waals surface area contributed by atoms with Crippen LogP contribution in [0.1, 0.15) is 22.6 Å². The summed E-state index contributed by atoms with van der Waals surface area (Å²) in [6.07, 6.45) is 4.63. The molecule has 0 spiro atoms. The van der Waals surface area contributed by atoms with Gasteiger partial charge in [-0.25, -0.2) is 0 Å². The smallest absolute Gasteiger partial charge is 0.123 e. The van der Waals surface area contributed by atoms with E-state index in [4.69, 9.17) is 0 Å². The van der Waals surface area contributed by atoms with Gasteiger partial charge < -0.3 is 4.79 Å². The highest BCUT2D eigenvalue weighted by molar-refractivity contribution is 7.11.